The van der Waals surface area contributed by atoms with Gasteiger partial charge in [0.05, 0.1) is 11.4 Å². The molecule has 112 valence electrons. The average molecular weight is 302 g/mol. The van der Waals surface area contributed by atoms with Crippen LogP contribution in [0.1, 0.15) is 25.5 Å². The molecule has 21 heavy (non-hydrogen) atoms. The molecule has 1 unspecified atom stereocenters. The van der Waals surface area contributed by atoms with Gasteiger partial charge in [-0.25, -0.2) is 4.98 Å². The van der Waals surface area contributed by atoms with Crippen molar-refractivity contribution in [2.24, 2.45) is 0 Å². The second-order valence-electron chi connectivity index (χ2n) is 5.41. The Morgan fingerprint density at radius 3 is 3.19 bits per heavy atom. The van der Waals surface area contributed by atoms with Gasteiger partial charge in [-0.15, -0.1) is 11.3 Å². The van der Waals surface area contributed by atoms with E-state index in [9.17, 15) is 0 Å². The molecule has 0 aromatic carbocycles. The van der Waals surface area contributed by atoms with Gasteiger partial charge in [-0.2, -0.15) is 0 Å². The van der Waals surface area contributed by atoms with E-state index in [2.05, 4.69) is 32.5 Å². The molecule has 0 radical (unpaired) electrons. The maximum absolute atomic E-state index is 4.66. The number of aromatic nitrogens is 2. The minimum Gasteiger partial charge on any atom is -0.310 e. The van der Waals surface area contributed by atoms with Crippen LogP contribution in [0.4, 0.5) is 0 Å². The van der Waals surface area contributed by atoms with Crippen LogP contribution in [0.2, 0.25) is 0 Å². The highest BCUT2D eigenvalue weighted by atomic mass is 32.1. The molecular weight excluding hydrogens is 280 g/mol. The topological polar surface area (TPSA) is 41.0 Å². The van der Waals surface area contributed by atoms with Crippen molar-refractivity contribution in [3.63, 3.8) is 0 Å². The fraction of sp³-hybridized carbons (Fsp3) is 0.500. The van der Waals surface area contributed by atoms with Gasteiger partial charge in [0.2, 0.25) is 0 Å². The highest BCUT2D eigenvalue weighted by Crippen LogP contribution is 2.21. The molecular formula is C16H22N4S. The molecule has 3 rings (SSSR count). The minimum atomic E-state index is 0.698. The molecule has 0 aliphatic carbocycles. The molecule has 1 fully saturated rings. The maximum Gasteiger partial charge on any atom is 0.142 e. The molecule has 1 aliphatic rings. The van der Waals surface area contributed by atoms with Gasteiger partial charge in [-0.1, -0.05) is 13.0 Å². The minimum absolute atomic E-state index is 0.698. The fourth-order valence-corrected chi connectivity index (χ4v) is 3.70. The predicted molar refractivity (Wildman–Crippen MR) is 87.3 cm³/mol. The number of thiazole rings is 1. The summed E-state index contributed by atoms with van der Waals surface area (Å²) < 4.78 is 0. The van der Waals surface area contributed by atoms with E-state index in [0.29, 0.717) is 6.04 Å². The number of hydrogen-bond acceptors (Lipinski definition) is 5. The summed E-state index contributed by atoms with van der Waals surface area (Å²) in [4.78, 5) is 11.6. The standard InChI is InChI=1S/C16H22N4S/c1-2-20-9-5-6-14(20)11-17-10-13-12-21-16(19-13)15-7-3-4-8-18-15/h3-4,7-8,12,14,17H,2,5-6,9-11H2,1H3. The second kappa shape index (κ2) is 7.11. The SMILES string of the molecule is CCN1CCCC1CNCc1csc(-c2ccccn2)n1. The Kier molecular flexibility index (Phi) is 4.95. The van der Waals surface area contributed by atoms with Crippen molar-refractivity contribution in [3.8, 4) is 10.7 Å². The largest absolute Gasteiger partial charge is 0.310 e. The van der Waals surface area contributed by atoms with E-state index in [1.54, 1.807) is 11.3 Å². The van der Waals surface area contributed by atoms with Gasteiger partial charge in [0.1, 0.15) is 5.01 Å². The number of pyridine rings is 1. The van der Waals surface area contributed by atoms with E-state index in [-0.39, 0.29) is 0 Å². The Balaban J connectivity index is 1.51. The first-order valence-corrected chi connectivity index (χ1v) is 8.55. The van der Waals surface area contributed by atoms with Gasteiger partial charge in [0.15, 0.2) is 0 Å². The fourth-order valence-electron chi connectivity index (χ4n) is 2.90. The van der Waals surface area contributed by atoms with Crippen molar-refractivity contribution in [3.05, 3.63) is 35.5 Å². The van der Waals surface area contributed by atoms with Gasteiger partial charge in [0.25, 0.3) is 0 Å². The molecule has 3 heterocycles. The number of likely N-dealkylation sites (tertiary alicyclic amines) is 1. The lowest BCUT2D eigenvalue weighted by Crippen LogP contribution is -2.37. The van der Waals surface area contributed by atoms with Crippen molar-refractivity contribution < 1.29 is 0 Å². The molecule has 1 atom stereocenters. The highest BCUT2D eigenvalue weighted by molar-refractivity contribution is 7.13. The maximum atomic E-state index is 4.66. The van der Waals surface area contributed by atoms with Crippen molar-refractivity contribution in [1.82, 2.24) is 20.2 Å². The average Bonchev–Trinajstić information content (AvgIpc) is 3.17. The van der Waals surface area contributed by atoms with Crippen LogP contribution in [0, 0.1) is 0 Å². The van der Waals surface area contributed by atoms with Crippen molar-refractivity contribution >= 4 is 11.3 Å². The number of nitrogens with one attached hydrogen (secondary N) is 1. The van der Waals surface area contributed by atoms with Crippen LogP contribution in [0.5, 0.6) is 0 Å². The summed E-state index contributed by atoms with van der Waals surface area (Å²) in [6.45, 7) is 6.57. The van der Waals surface area contributed by atoms with E-state index in [1.807, 2.05) is 24.4 Å². The number of hydrogen-bond donors (Lipinski definition) is 1. The third-order valence-corrected chi connectivity index (χ3v) is 4.94. The summed E-state index contributed by atoms with van der Waals surface area (Å²) in [6, 6.07) is 6.64. The van der Waals surface area contributed by atoms with Crippen molar-refractivity contribution in [1.29, 1.82) is 0 Å². The molecule has 1 N–H and O–H groups in total. The Labute approximate surface area is 130 Å². The zero-order valence-electron chi connectivity index (χ0n) is 12.5. The summed E-state index contributed by atoms with van der Waals surface area (Å²) in [6.07, 6.45) is 4.46. The zero-order valence-corrected chi connectivity index (χ0v) is 13.3. The molecule has 0 saturated carbocycles. The van der Waals surface area contributed by atoms with Gasteiger partial charge in [0, 0.05) is 30.7 Å². The lowest BCUT2D eigenvalue weighted by Gasteiger charge is -2.22. The molecule has 2 aromatic rings. The predicted octanol–water partition coefficient (Wildman–Crippen LogP) is 2.78. The number of likely N-dealkylation sites (N-methyl/N-ethyl adjacent to an activating group) is 1. The van der Waals surface area contributed by atoms with Crippen LogP contribution < -0.4 is 5.32 Å². The van der Waals surface area contributed by atoms with Crippen LogP contribution in [0.15, 0.2) is 29.8 Å². The lowest BCUT2D eigenvalue weighted by atomic mass is 10.2. The first-order chi connectivity index (χ1) is 10.4. The zero-order chi connectivity index (χ0) is 14.5. The molecule has 0 amide bonds. The molecule has 5 heteroatoms. The lowest BCUT2D eigenvalue weighted by molar-refractivity contribution is 0.259. The molecule has 1 saturated heterocycles. The molecule has 0 bridgehead atoms. The quantitative estimate of drug-likeness (QED) is 0.891. The Bertz CT molecular complexity index is 554. The van der Waals surface area contributed by atoms with Crippen LogP contribution in [0.25, 0.3) is 10.7 Å². The third kappa shape index (κ3) is 3.67. The van der Waals surface area contributed by atoms with E-state index >= 15 is 0 Å². The molecule has 1 aliphatic heterocycles. The second-order valence-corrected chi connectivity index (χ2v) is 6.27. The van der Waals surface area contributed by atoms with E-state index in [1.165, 1.54) is 19.4 Å². The molecule has 0 spiro atoms. The first-order valence-electron chi connectivity index (χ1n) is 7.67. The summed E-state index contributed by atoms with van der Waals surface area (Å²) in [5, 5.41) is 6.69. The van der Waals surface area contributed by atoms with Crippen LogP contribution >= 0.6 is 11.3 Å². The number of nitrogens with zero attached hydrogens (tertiary/aromatic N) is 3. The molecule has 4 nitrogen and oxygen atoms in total. The highest BCUT2D eigenvalue weighted by Gasteiger charge is 2.22. The normalized spacial score (nSPS) is 19.2. The Morgan fingerprint density at radius 2 is 2.38 bits per heavy atom. The van der Waals surface area contributed by atoms with Gasteiger partial charge in [-0.05, 0) is 38.1 Å². The first kappa shape index (κ1) is 14.6. The Hall–Kier alpha value is -1.30. The summed E-state index contributed by atoms with van der Waals surface area (Å²) in [5.41, 5.74) is 2.07. The van der Waals surface area contributed by atoms with Gasteiger partial charge in [-0.3, -0.25) is 9.88 Å². The van der Waals surface area contributed by atoms with E-state index in [0.717, 1.165) is 36.0 Å². The summed E-state index contributed by atoms with van der Waals surface area (Å²) in [7, 11) is 0. The molecule has 2 aromatic heterocycles. The van der Waals surface area contributed by atoms with Gasteiger partial charge >= 0.3 is 0 Å². The summed E-state index contributed by atoms with van der Waals surface area (Å²) >= 11 is 1.67. The smallest absolute Gasteiger partial charge is 0.142 e. The van der Waals surface area contributed by atoms with E-state index < -0.39 is 0 Å². The number of rotatable bonds is 6. The van der Waals surface area contributed by atoms with Crippen LogP contribution in [-0.2, 0) is 6.54 Å². The van der Waals surface area contributed by atoms with Crippen molar-refractivity contribution in [2.45, 2.75) is 32.4 Å². The monoisotopic (exact) mass is 302 g/mol. The van der Waals surface area contributed by atoms with Crippen molar-refractivity contribution in [2.75, 3.05) is 19.6 Å². The van der Waals surface area contributed by atoms with Gasteiger partial charge < -0.3 is 5.32 Å². The van der Waals surface area contributed by atoms with Crippen LogP contribution in [0.3, 0.4) is 0 Å². The van der Waals surface area contributed by atoms with E-state index in [4.69, 9.17) is 0 Å². The third-order valence-electron chi connectivity index (χ3n) is 4.03. The van der Waals surface area contributed by atoms with Crippen LogP contribution in [-0.4, -0.2) is 40.5 Å². The summed E-state index contributed by atoms with van der Waals surface area (Å²) in [5.74, 6) is 0. The Morgan fingerprint density at radius 1 is 1.43 bits per heavy atom.